The van der Waals surface area contributed by atoms with Gasteiger partial charge < -0.3 is 9.05 Å². The number of quaternary nitrogens is 1. The predicted octanol–water partition coefficient (Wildman–Crippen LogP) is 5.83. The van der Waals surface area contributed by atoms with E-state index in [0.717, 1.165) is 30.8 Å². The summed E-state index contributed by atoms with van der Waals surface area (Å²) in [6.45, 7) is 14.9. The second-order valence-corrected chi connectivity index (χ2v) is 12.0. The van der Waals surface area contributed by atoms with Crippen LogP contribution in [-0.2, 0) is 4.57 Å². The van der Waals surface area contributed by atoms with Crippen molar-refractivity contribution < 1.29 is 18.6 Å². The average Bonchev–Trinajstić information content (AvgIpc) is 2.87. The largest absolute Gasteiger partial charge is 0.318 e. The molecule has 0 saturated heterocycles. The van der Waals surface area contributed by atoms with E-state index in [1.54, 1.807) is 48.5 Å². The van der Waals surface area contributed by atoms with E-state index >= 15 is 0 Å². The average molecular weight is 491 g/mol. The van der Waals surface area contributed by atoms with E-state index in [-0.39, 0.29) is 5.78 Å². The van der Waals surface area contributed by atoms with Gasteiger partial charge in [-0.2, -0.15) is 0 Å². The molecule has 0 saturated carbocycles. The number of aryl methyl sites for hydroxylation is 2. The van der Waals surface area contributed by atoms with Crippen LogP contribution in [0.4, 0.5) is 0 Å². The van der Waals surface area contributed by atoms with Gasteiger partial charge in [0.15, 0.2) is 0 Å². The topological polar surface area (TPSA) is 51.2 Å². The number of Topliss-reactive ketones (excluding diaryl/α,β-unsaturated/α-hetero) is 1. The van der Waals surface area contributed by atoms with Gasteiger partial charge in [-0.15, -0.1) is 0 Å². The number of nitrogens with zero attached hydrogens (tertiary/aromatic N) is 1. The molecule has 5 heteroatoms. The highest BCUT2D eigenvalue weighted by atomic mass is 31.2. The molecule has 0 N–H and O–H groups in total. The molecular weight excluding hydrogens is 453 g/mol. The lowest BCUT2D eigenvalue weighted by molar-refractivity contribution is -0.915. The number of carbonyl (C=O) groups is 2. The monoisotopic (exact) mass is 490 g/mol. The third-order valence-corrected chi connectivity index (χ3v) is 10.3. The van der Waals surface area contributed by atoms with Crippen LogP contribution in [0.5, 0.6) is 0 Å². The molecule has 3 aromatic rings. The second-order valence-electron chi connectivity index (χ2n) is 9.34. The van der Waals surface area contributed by atoms with Crippen molar-refractivity contribution in [2.75, 3.05) is 26.2 Å². The van der Waals surface area contributed by atoms with Crippen LogP contribution >= 0.6 is 7.14 Å². The summed E-state index contributed by atoms with van der Waals surface area (Å²) in [6.07, 6.45) is 0. The van der Waals surface area contributed by atoms with Crippen molar-refractivity contribution in [3.05, 3.63) is 94.5 Å². The standard InChI is InChI=1S/C30H37NO3P/c1-7-31(8-2,9-3)21-27(32)28-22(4)20-23(5)29(24(28)6)30(33)35(34,25-16-12-10-13-17-25)26-18-14-11-15-19-26/h10-20H,7-9,21H2,1-6H3/q+1. The van der Waals surface area contributed by atoms with Crippen LogP contribution in [0.3, 0.4) is 0 Å². The molecule has 0 heterocycles. The summed E-state index contributed by atoms with van der Waals surface area (Å²) in [7, 11) is -3.67. The maximum Gasteiger partial charge on any atom is 0.230 e. The van der Waals surface area contributed by atoms with Crippen molar-refractivity contribution in [1.82, 2.24) is 0 Å². The number of carbonyl (C=O) groups excluding carboxylic acids is 2. The van der Waals surface area contributed by atoms with Gasteiger partial charge in [0.2, 0.25) is 18.4 Å². The number of hydrogen-bond donors (Lipinski definition) is 0. The third-order valence-electron chi connectivity index (χ3n) is 7.48. The molecule has 35 heavy (non-hydrogen) atoms. The highest BCUT2D eigenvalue weighted by Gasteiger charge is 2.39. The molecule has 0 atom stereocenters. The molecule has 3 aromatic carbocycles. The molecule has 0 aliphatic heterocycles. The molecule has 0 amide bonds. The van der Waals surface area contributed by atoms with E-state index in [0.29, 0.717) is 38.3 Å². The van der Waals surface area contributed by atoms with E-state index in [1.807, 2.05) is 39.0 Å². The highest BCUT2D eigenvalue weighted by molar-refractivity contribution is 7.93. The summed E-state index contributed by atoms with van der Waals surface area (Å²) in [6, 6.07) is 19.8. The summed E-state index contributed by atoms with van der Waals surface area (Å²) in [5, 5.41) is 1.00. The number of ketones is 1. The lowest BCUT2D eigenvalue weighted by Crippen LogP contribution is -2.50. The first-order chi connectivity index (χ1) is 16.6. The molecule has 0 aliphatic rings. The van der Waals surface area contributed by atoms with Crippen LogP contribution in [-0.4, -0.2) is 42.0 Å². The number of rotatable bonds is 10. The van der Waals surface area contributed by atoms with Gasteiger partial charge in [0.25, 0.3) is 0 Å². The minimum Gasteiger partial charge on any atom is -0.318 e. The van der Waals surface area contributed by atoms with Crippen LogP contribution in [0, 0.1) is 20.8 Å². The molecule has 0 aromatic heterocycles. The Morgan fingerprint density at radius 3 is 1.57 bits per heavy atom. The predicted molar refractivity (Wildman–Crippen MR) is 146 cm³/mol. The van der Waals surface area contributed by atoms with Crippen molar-refractivity contribution in [2.24, 2.45) is 0 Å². The Bertz CT molecular complexity index is 1210. The molecule has 0 spiro atoms. The molecule has 0 fully saturated rings. The Morgan fingerprint density at radius 2 is 1.14 bits per heavy atom. The minimum atomic E-state index is -3.67. The minimum absolute atomic E-state index is 0.0360. The maximum absolute atomic E-state index is 14.7. The van der Waals surface area contributed by atoms with E-state index in [2.05, 4.69) is 20.8 Å². The molecule has 3 rings (SSSR count). The summed E-state index contributed by atoms with van der Waals surface area (Å²) >= 11 is 0. The fourth-order valence-corrected chi connectivity index (χ4v) is 7.76. The van der Waals surface area contributed by atoms with Gasteiger partial charge in [-0.1, -0.05) is 66.7 Å². The lowest BCUT2D eigenvalue weighted by atomic mass is 9.91. The Labute approximate surface area is 210 Å². The van der Waals surface area contributed by atoms with Crippen molar-refractivity contribution in [1.29, 1.82) is 0 Å². The number of benzene rings is 3. The van der Waals surface area contributed by atoms with Crippen molar-refractivity contribution >= 4 is 29.1 Å². The van der Waals surface area contributed by atoms with Crippen LogP contribution in [0.2, 0.25) is 0 Å². The summed E-state index contributed by atoms with van der Waals surface area (Å²) in [5.41, 5.74) is 2.81. The summed E-state index contributed by atoms with van der Waals surface area (Å²) in [4.78, 5) is 27.9. The lowest BCUT2D eigenvalue weighted by Gasteiger charge is -2.35. The van der Waals surface area contributed by atoms with Crippen LogP contribution in [0.25, 0.3) is 0 Å². The molecule has 0 unspecified atom stereocenters. The van der Waals surface area contributed by atoms with Crippen molar-refractivity contribution in [2.45, 2.75) is 41.5 Å². The molecular formula is C30H37NO3P+. The van der Waals surface area contributed by atoms with Gasteiger partial charge in [0.1, 0.15) is 6.54 Å². The molecule has 4 nitrogen and oxygen atoms in total. The van der Waals surface area contributed by atoms with Gasteiger partial charge in [-0.25, -0.2) is 0 Å². The van der Waals surface area contributed by atoms with E-state index < -0.39 is 12.7 Å². The SMILES string of the molecule is CC[N+](CC)(CC)CC(=O)c1c(C)cc(C)c(C(=O)P(=O)(c2ccccc2)c2ccccc2)c1C. The number of likely N-dealkylation sites (N-methyl/N-ethyl adjacent to an activating group) is 1. The Balaban J connectivity index is 2.21. The van der Waals surface area contributed by atoms with Crippen molar-refractivity contribution in [3.63, 3.8) is 0 Å². The smallest absolute Gasteiger partial charge is 0.230 e. The zero-order chi connectivity index (χ0) is 25.8. The normalized spacial score (nSPS) is 11.9. The Kier molecular flexibility index (Phi) is 8.30. The maximum atomic E-state index is 14.7. The van der Waals surface area contributed by atoms with Gasteiger partial charge in [-0.3, -0.25) is 9.59 Å². The first-order valence-electron chi connectivity index (χ1n) is 12.4. The highest BCUT2D eigenvalue weighted by Crippen LogP contribution is 2.48. The Morgan fingerprint density at radius 1 is 0.714 bits per heavy atom. The van der Waals surface area contributed by atoms with Gasteiger partial charge in [0, 0.05) is 21.7 Å². The first-order valence-corrected chi connectivity index (χ1v) is 14.1. The quantitative estimate of drug-likeness (QED) is 0.204. The third kappa shape index (κ3) is 4.96. The van der Waals surface area contributed by atoms with E-state index in [9.17, 15) is 14.2 Å². The molecule has 0 bridgehead atoms. The fourth-order valence-electron chi connectivity index (χ4n) is 5.15. The van der Waals surface area contributed by atoms with E-state index in [1.165, 1.54) is 0 Å². The van der Waals surface area contributed by atoms with Crippen molar-refractivity contribution in [3.8, 4) is 0 Å². The fraction of sp³-hybridized carbons (Fsp3) is 0.333. The summed E-state index contributed by atoms with van der Waals surface area (Å²) in [5.74, 6) is 0.0360. The van der Waals surface area contributed by atoms with Gasteiger partial charge in [0.05, 0.1) is 19.6 Å². The number of hydrogen-bond acceptors (Lipinski definition) is 3. The second kappa shape index (κ2) is 10.8. The molecule has 0 aliphatic carbocycles. The zero-order valence-corrected chi connectivity index (χ0v) is 22.7. The molecule has 0 radical (unpaired) electrons. The van der Waals surface area contributed by atoms with E-state index in [4.69, 9.17) is 0 Å². The molecule has 184 valence electrons. The van der Waals surface area contributed by atoms with Gasteiger partial charge >= 0.3 is 0 Å². The van der Waals surface area contributed by atoms with Crippen LogP contribution in [0.15, 0.2) is 66.7 Å². The van der Waals surface area contributed by atoms with Crippen LogP contribution in [0.1, 0.15) is 58.2 Å². The van der Waals surface area contributed by atoms with Gasteiger partial charge in [-0.05, 0) is 58.2 Å². The van der Waals surface area contributed by atoms with Crippen LogP contribution < -0.4 is 10.6 Å². The zero-order valence-electron chi connectivity index (χ0n) is 21.8. The summed E-state index contributed by atoms with van der Waals surface area (Å²) < 4.78 is 15.4. The first kappa shape index (κ1) is 26.8. The Hall–Kier alpha value is -2.81.